The molecule has 0 heterocycles. The summed E-state index contributed by atoms with van der Waals surface area (Å²) in [6.07, 6.45) is 1.68. The minimum Gasteiger partial charge on any atom is -0.349 e. The lowest BCUT2D eigenvalue weighted by Crippen LogP contribution is -2.35. The number of hydrogen-bond donors (Lipinski definition) is 0. The molecule has 100 valence electrons. The molecule has 0 saturated carbocycles. The Kier molecular flexibility index (Phi) is 5.34. The van der Waals surface area contributed by atoms with Gasteiger partial charge in [0.1, 0.15) is 0 Å². The van der Waals surface area contributed by atoms with Crippen LogP contribution in [0.2, 0.25) is 0 Å². The first kappa shape index (κ1) is 14.7. The summed E-state index contributed by atoms with van der Waals surface area (Å²) in [5.41, 5.74) is 1.12. The molecule has 0 aliphatic heterocycles. The van der Waals surface area contributed by atoms with Crippen molar-refractivity contribution >= 4 is 16.8 Å². The summed E-state index contributed by atoms with van der Waals surface area (Å²) >= 11 is 0. The van der Waals surface area contributed by atoms with E-state index in [1.165, 1.54) is 0 Å². The van der Waals surface area contributed by atoms with Crippen molar-refractivity contribution in [1.29, 1.82) is 0 Å². The predicted octanol–water partition coefficient (Wildman–Crippen LogP) is 1.40. The Bertz CT molecular complexity index is 428. The zero-order chi connectivity index (χ0) is 13.7. The summed E-state index contributed by atoms with van der Waals surface area (Å²) in [6, 6.07) is 7.74. The Labute approximate surface area is 112 Å². The second-order valence-corrected chi connectivity index (χ2v) is 5.88. The van der Waals surface area contributed by atoms with Crippen LogP contribution < -0.4 is 0 Å². The van der Waals surface area contributed by atoms with E-state index in [-0.39, 0.29) is 0 Å². The summed E-state index contributed by atoms with van der Waals surface area (Å²) in [5, 5.41) is 0. The van der Waals surface area contributed by atoms with E-state index in [1.807, 2.05) is 62.3 Å². The minimum atomic E-state index is -0.917. The quantitative estimate of drug-likeness (QED) is 0.613. The molecule has 0 amide bonds. The fraction of sp³-hybridized carbons (Fsp3) is 0.462. The third kappa shape index (κ3) is 4.14. The highest BCUT2D eigenvalue weighted by atomic mass is 32.2. The van der Waals surface area contributed by atoms with Gasteiger partial charge in [0.2, 0.25) is 0 Å². The maximum absolute atomic E-state index is 11.3. The molecule has 0 saturated heterocycles. The molecule has 4 nitrogen and oxygen atoms in total. The SMILES string of the molecule is CN(C)C(=NCc1ccc([S@](C)=O)cc1)N(C)C. The molecule has 0 spiro atoms. The standard InChI is InChI=1S/C13H21N3OS/c1-15(2)13(16(3)4)14-10-11-6-8-12(9-7-11)18(5)17/h6-9H,10H2,1-5H3/t18-/m0/s1. The number of benzene rings is 1. The van der Waals surface area contributed by atoms with Gasteiger partial charge < -0.3 is 9.80 Å². The molecule has 0 fully saturated rings. The van der Waals surface area contributed by atoms with Gasteiger partial charge in [-0.1, -0.05) is 12.1 Å². The van der Waals surface area contributed by atoms with Crippen molar-refractivity contribution < 1.29 is 4.21 Å². The highest BCUT2D eigenvalue weighted by molar-refractivity contribution is 7.84. The molecule has 1 aromatic carbocycles. The van der Waals surface area contributed by atoms with Gasteiger partial charge in [0.25, 0.3) is 0 Å². The zero-order valence-electron chi connectivity index (χ0n) is 11.7. The monoisotopic (exact) mass is 267 g/mol. The van der Waals surface area contributed by atoms with Gasteiger partial charge in [-0.2, -0.15) is 0 Å². The van der Waals surface area contributed by atoms with Gasteiger partial charge in [0.15, 0.2) is 5.96 Å². The zero-order valence-corrected chi connectivity index (χ0v) is 12.5. The molecule has 0 aromatic heterocycles. The van der Waals surface area contributed by atoms with Crippen LogP contribution in [-0.2, 0) is 17.3 Å². The van der Waals surface area contributed by atoms with Crippen molar-refractivity contribution in [3.8, 4) is 0 Å². The number of guanidine groups is 1. The number of aliphatic imine (C=N–C) groups is 1. The average molecular weight is 267 g/mol. The molecule has 1 rings (SSSR count). The average Bonchev–Trinajstić information content (AvgIpc) is 2.28. The molecule has 5 heteroatoms. The molecular formula is C13H21N3OS. The van der Waals surface area contributed by atoms with Crippen molar-refractivity contribution in [3.05, 3.63) is 29.8 Å². The number of hydrogen-bond acceptors (Lipinski definition) is 2. The summed E-state index contributed by atoms with van der Waals surface area (Å²) in [7, 11) is 6.98. The molecular weight excluding hydrogens is 246 g/mol. The van der Waals surface area contributed by atoms with Gasteiger partial charge in [-0.15, -0.1) is 0 Å². The molecule has 1 aromatic rings. The molecule has 1 atom stereocenters. The van der Waals surface area contributed by atoms with Crippen molar-refractivity contribution in [2.24, 2.45) is 4.99 Å². The lowest BCUT2D eigenvalue weighted by Gasteiger charge is -2.22. The van der Waals surface area contributed by atoms with Crippen LogP contribution >= 0.6 is 0 Å². The number of nitrogens with zero attached hydrogens (tertiary/aromatic N) is 3. The number of rotatable bonds is 3. The Hall–Kier alpha value is -1.36. The highest BCUT2D eigenvalue weighted by Gasteiger charge is 2.04. The van der Waals surface area contributed by atoms with E-state index in [0.717, 1.165) is 16.4 Å². The summed E-state index contributed by atoms with van der Waals surface area (Å²) in [6.45, 7) is 0.627. The Morgan fingerprint density at radius 2 is 1.61 bits per heavy atom. The molecule has 0 aliphatic carbocycles. The molecule has 0 unspecified atom stereocenters. The normalized spacial score (nSPS) is 11.8. The van der Waals surface area contributed by atoms with Crippen LogP contribution in [0, 0.1) is 0 Å². The largest absolute Gasteiger partial charge is 0.349 e. The predicted molar refractivity (Wildman–Crippen MR) is 77.3 cm³/mol. The second-order valence-electron chi connectivity index (χ2n) is 4.50. The van der Waals surface area contributed by atoms with Crippen LogP contribution in [0.25, 0.3) is 0 Å². The van der Waals surface area contributed by atoms with Crippen LogP contribution in [-0.4, -0.2) is 54.4 Å². The van der Waals surface area contributed by atoms with E-state index in [0.29, 0.717) is 6.54 Å². The van der Waals surface area contributed by atoms with E-state index in [9.17, 15) is 4.21 Å². The molecule has 18 heavy (non-hydrogen) atoms. The first-order chi connectivity index (χ1) is 8.41. The van der Waals surface area contributed by atoms with Gasteiger partial charge in [0, 0.05) is 50.1 Å². The van der Waals surface area contributed by atoms with Crippen LogP contribution in [0.3, 0.4) is 0 Å². The smallest absolute Gasteiger partial charge is 0.195 e. The molecule has 0 bridgehead atoms. The van der Waals surface area contributed by atoms with Gasteiger partial charge in [-0.05, 0) is 17.7 Å². The molecule has 0 radical (unpaired) electrons. The third-order valence-corrected chi connectivity index (χ3v) is 3.39. The lowest BCUT2D eigenvalue weighted by molar-refractivity contribution is 0.479. The van der Waals surface area contributed by atoms with Crippen molar-refractivity contribution in [2.45, 2.75) is 11.4 Å². The van der Waals surface area contributed by atoms with Crippen LogP contribution in [0.5, 0.6) is 0 Å². The van der Waals surface area contributed by atoms with Gasteiger partial charge in [-0.3, -0.25) is 4.21 Å². The summed E-state index contributed by atoms with van der Waals surface area (Å²) in [5.74, 6) is 0.929. The van der Waals surface area contributed by atoms with Crippen molar-refractivity contribution in [3.63, 3.8) is 0 Å². The molecule has 0 aliphatic rings. The summed E-state index contributed by atoms with van der Waals surface area (Å²) < 4.78 is 11.3. The van der Waals surface area contributed by atoms with Gasteiger partial charge >= 0.3 is 0 Å². The van der Waals surface area contributed by atoms with Crippen LogP contribution in [0.15, 0.2) is 34.2 Å². The fourth-order valence-corrected chi connectivity index (χ4v) is 2.15. The maximum atomic E-state index is 11.3. The Morgan fingerprint density at radius 3 is 2.00 bits per heavy atom. The van der Waals surface area contributed by atoms with Crippen molar-refractivity contribution in [1.82, 2.24) is 9.80 Å². The van der Waals surface area contributed by atoms with Crippen LogP contribution in [0.1, 0.15) is 5.56 Å². The Morgan fingerprint density at radius 1 is 1.11 bits per heavy atom. The summed E-state index contributed by atoms with van der Waals surface area (Å²) in [4.78, 5) is 9.37. The first-order valence-corrected chi connectivity index (χ1v) is 7.29. The van der Waals surface area contributed by atoms with Crippen LogP contribution in [0.4, 0.5) is 0 Å². The Balaban J connectivity index is 2.78. The highest BCUT2D eigenvalue weighted by Crippen LogP contribution is 2.09. The second kappa shape index (κ2) is 6.54. The van der Waals surface area contributed by atoms with Crippen molar-refractivity contribution in [2.75, 3.05) is 34.4 Å². The van der Waals surface area contributed by atoms with E-state index in [1.54, 1.807) is 6.26 Å². The van der Waals surface area contributed by atoms with Gasteiger partial charge in [0.05, 0.1) is 6.54 Å². The fourth-order valence-electron chi connectivity index (χ4n) is 1.63. The van der Waals surface area contributed by atoms with E-state index in [2.05, 4.69) is 4.99 Å². The van der Waals surface area contributed by atoms with E-state index < -0.39 is 10.8 Å². The van der Waals surface area contributed by atoms with Gasteiger partial charge in [-0.25, -0.2) is 4.99 Å². The third-order valence-electron chi connectivity index (χ3n) is 2.46. The topological polar surface area (TPSA) is 35.9 Å². The van der Waals surface area contributed by atoms with E-state index >= 15 is 0 Å². The minimum absolute atomic E-state index is 0.627. The lowest BCUT2D eigenvalue weighted by atomic mass is 10.2. The maximum Gasteiger partial charge on any atom is 0.195 e. The van der Waals surface area contributed by atoms with E-state index in [4.69, 9.17) is 0 Å². The molecule has 0 N–H and O–H groups in total. The first-order valence-electron chi connectivity index (χ1n) is 5.73.